The molecule has 1 saturated carbocycles. The minimum Gasteiger partial charge on any atom is -0.342 e. The molecule has 0 unspecified atom stereocenters. The molecule has 0 aromatic rings. The van der Waals surface area contributed by atoms with Gasteiger partial charge >= 0.3 is 12.2 Å². The summed E-state index contributed by atoms with van der Waals surface area (Å²) in [5.41, 5.74) is -0.0185. The van der Waals surface area contributed by atoms with Crippen molar-refractivity contribution in [2.75, 3.05) is 32.7 Å². The molecule has 3 aliphatic rings. The first kappa shape index (κ1) is 17.4. The van der Waals surface area contributed by atoms with Gasteiger partial charge in [-0.1, -0.05) is 0 Å². The lowest BCUT2D eigenvalue weighted by Gasteiger charge is -2.34. The van der Waals surface area contributed by atoms with Gasteiger partial charge in [0.2, 0.25) is 5.91 Å². The predicted octanol–water partition coefficient (Wildman–Crippen LogP) is 2.37. The Balaban J connectivity index is 1.45. The van der Waals surface area contributed by atoms with E-state index in [0.29, 0.717) is 25.9 Å². The molecule has 1 aliphatic carbocycles. The summed E-state index contributed by atoms with van der Waals surface area (Å²) in [7, 11) is 0. The molecule has 2 saturated heterocycles. The molecule has 3 rings (SSSR count). The van der Waals surface area contributed by atoms with Gasteiger partial charge in [0.1, 0.15) is 6.54 Å². The average Bonchev–Trinajstić information content (AvgIpc) is 3.26. The van der Waals surface area contributed by atoms with Crippen molar-refractivity contribution in [1.82, 2.24) is 15.1 Å². The molecule has 1 N–H and O–H groups in total. The summed E-state index contributed by atoms with van der Waals surface area (Å²) in [6, 6.07) is -0.665. The van der Waals surface area contributed by atoms with Crippen molar-refractivity contribution in [2.24, 2.45) is 11.3 Å². The topological polar surface area (TPSA) is 52.7 Å². The lowest BCUT2D eigenvalue weighted by Crippen LogP contribution is -2.48. The van der Waals surface area contributed by atoms with E-state index in [9.17, 15) is 22.8 Å². The highest BCUT2D eigenvalue weighted by Crippen LogP contribution is 2.60. The highest BCUT2D eigenvalue weighted by atomic mass is 19.4. The number of carbonyl (C=O) groups excluding carboxylic acids is 2. The number of likely N-dealkylation sites (tertiary alicyclic amines) is 2. The Morgan fingerprint density at radius 2 is 1.62 bits per heavy atom. The summed E-state index contributed by atoms with van der Waals surface area (Å²) in [5.74, 6) is 0.292. The maximum Gasteiger partial charge on any atom is 0.405 e. The van der Waals surface area contributed by atoms with Crippen molar-refractivity contribution in [3.05, 3.63) is 0 Å². The smallest absolute Gasteiger partial charge is 0.342 e. The van der Waals surface area contributed by atoms with Crippen LogP contribution in [0.5, 0.6) is 0 Å². The van der Waals surface area contributed by atoms with E-state index in [0.717, 1.165) is 32.4 Å². The Morgan fingerprint density at radius 3 is 2.21 bits per heavy atom. The molecule has 1 spiro atoms. The van der Waals surface area contributed by atoms with Crippen molar-refractivity contribution in [3.63, 3.8) is 0 Å². The minimum atomic E-state index is -4.39. The second-order valence-electron chi connectivity index (χ2n) is 7.27. The summed E-state index contributed by atoms with van der Waals surface area (Å²) < 4.78 is 36.5. The molecule has 3 fully saturated rings. The van der Waals surface area contributed by atoms with E-state index in [1.165, 1.54) is 11.3 Å². The number of amides is 3. The zero-order chi connectivity index (χ0) is 17.4. The molecule has 0 bridgehead atoms. The Labute approximate surface area is 139 Å². The quantitative estimate of drug-likeness (QED) is 0.834. The van der Waals surface area contributed by atoms with Gasteiger partial charge in [0.05, 0.1) is 0 Å². The number of rotatable bonds is 2. The lowest BCUT2D eigenvalue weighted by atomic mass is 9.90. The molecular formula is C16H24F3N3O2. The van der Waals surface area contributed by atoms with Crippen LogP contribution >= 0.6 is 0 Å². The number of hydrogen-bond donors (Lipinski definition) is 1. The summed E-state index contributed by atoms with van der Waals surface area (Å²) in [4.78, 5) is 27.7. The first-order valence-corrected chi connectivity index (χ1v) is 8.69. The highest BCUT2D eigenvalue weighted by molar-refractivity contribution is 5.83. The molecule has 1 atom stereocenters. The van der Waals surface area contributed by atoms with Crippen LogP contribution in [-0.2, 0) is 4.79 Å². The van der Waals surface area contributed by atoms with Crippen molar-refractivity contribution in [3.8, 4) is 0 Å². The zero-order valence-corrected chi connectivity index (χ0v) is 13.7. The normalized spacial score (nSPS) is 26.4. The standard InChI is InChI=1S/C16H24F3N3O2/c17-16(18,19)11-20-14(24)22-8-4-15(5-9-22)10-12(15)13(23)21-6-2-1-3-7-21/h12H,1-11H2,(H,20,24)/t12-/m0/s1. The first-order chi connectivity index (χ1) is 11.3. The van der Waals surface area contributed by atoms with E-state index >= 15 is 0 Å². The van der Waals surface area contributed by atoms with Crippen LogP contribution in [0.3, 0.4) is 0 Å². The third-order valence-corrected chi connectivity index (χ3v) is 5.64. The highest BCUT2D eigenvalue weighted by Gasteiger charge is 2.59. The number of carbonyl (C=O) groups is 2. The molecule has 0 aromatic carbocycles. The van der Waals surface area contributed by atoms with Gasteiger partial charge in [0, 0.05) is 32.1 Å². The molecule has 24 heavy (non-hydrogen) atoms. The van der Waals surface area contributed by atoms with Gasteiger partial charge < -0.3 is 15.1 Å². The summed E-state index contributed by atoms with van der Waals surface area (Å²) in [6.07, 6.45) is 1.20. The number of nitrogens with one attached hydrogen (secondary N) is 1. The first-order valence-electron chi connectivity index (χ1n) is 8.69. The number of nitrogens with zero attached hydrogens (tertiary/aromatic N) is 2. The van der Waals surface area contributed by atoms with Gasteiger partial charge in [0.15, 0.2) is 0 Å². The molecule has 8 heteroatoms. The molecule has 0 aromatic heterocycles. The average molecular weight is 347 g/mol. The van der Waals surface area contributed by atoms with E-state index in [4.69, 9.17) is 0 Å². The second-order valence-corrected chi connectivity index (χ2v) is 7.27. The number of urea groups is 1. The molecule has 136 valence electrons. The second kappa shape index (κ2) is 6.44. The summed E-state index contributed by atoms with van der Waals surface area (Å²) in [5, 5.41) is 1.91. The number of piperidine rings is 2. The minimum absolute atomic E-state index is 0.0185. The maximum absolute atomic E-state index is 12.6. The fraction of sp³-hybridized carbons (Fsp3) is 0.875. The van der Waals surface area contributed by atoms with Crippen LogP contribution in [-0.4, -0.2) is 60.6 Å². The molecule has 2 heterocycles. The van der Waals surface area contributed by atoms with Crippen molar-refractivity contribution in [2.45, 2.75) is 44.7 Å². The number of alkyl halides is 3. The van der Waals surface area contributed by atoms with Gasteiger partial charge in [-0.3, -0.25) is 4.79 Å². The molecular weight excluding hydrogens is 323 g/mol. The molecule has 2 aliphatic heterocycles. The van der Waals surface area contributed by atoms with Crippen molar-refractivity contribution >= 4 is 11.9 Å². The van der Waals surface area contributed by atoms with E-state index < -0.39 is 18.8 Å². The van der Waals surface area contributed by atoms with E-state index in [-0.39, 0.29) is 17.2 Å². The van der Waals surface area contributed by atoms with Crippen LogP contribution in [0, 0.1) is 11.3 Å². The van der Waals surface area contributed by atoms with Gasteiger partial charge in [-0.05, 0) is 43.9 Å². The Morgan fingerprint density at radius 1 is 1.00 bits per heavy atom. The largest absolute Gasteiger partial charge is 0.405 e. The van der Waals surface area contributed by atoms with Crippen LogP contribution in [0.25, 0.3) is 0 Å². The van der Waals surface area contributed by atoms with Crippen LogP contribution in [0.1, 0.15) is 38.5 Å². The fourth-order valence-corrected chi connectivity index (χ4v) is 4.03. The zero-order valence-electron chi connectivity index (χ0n) is 13.7. The van der Waals surface area contributed by atoms with E-state index in [2.05, 4.69) is 0 Å². The van der Waals surface area contributed by atoms with Crippen molar-refractivity contribution < 1.29 is 22.8 Å². The predicted molar refractivity (Wildman–Crippen MR) is 81.2 cm³/mol. The number of halogens is 3. The van der Waals surface area contributed by atoms with Crippen LogP contribution in [0.4, 0.5) is 18.0 Å². The fourth-order valence-electron chi connectivity index (χ4n) is 4.03. The SMILES string of the molecule is O=C(NCC(F)(F)F)N1CCC2(CC1)C[C@H]2C(=O)N1CCCCC1. The van der Waals surface area contributed by atoms with E-state index in [1.54, 1.807) is 0 Å². The monoisotopic (exact) mass is 347 g/mol. The van der Waals surface area contributed by atoms with E-state index in [1.807, 2.05) is 10.2 Å². The summed E-state index contributed by atoms with van der Waals surface area (Å²) >= 11 is 0. The van der Waals surface area contributed by atoms with Gasteiger partial charge in [0.25, 0.3) is 0 Å². The summed E-state index contributed by atoms with van der Waals surface area (Å²) in [6.45, 7) is 1.24. The van der Waals surface area contributed by atoms with Crippen molar-refractivity contribution in [1.29, 1.82) is 0 Å². The third kappa shape index (κ3) is 3.78. The molecule has 5 nitrogen and oxygen atoms in total. The van der Waals surface area contributed by atoms with Gasteiger partial charge in [-0.25, -0.2) is 4.79 Å². The van der Waals surface area contributed by atoms with Crippen LogP contribution < -0.4 is 5.32 Å². The maximum atomic E-state index is 12.6. The van der Waals surface area contributed by atoms with Gasteiger partial charge in [-0.2, -0.15) is 13.2 Å². The third-order valence-electron chi connectivity index (χ3n) is 5.64. The lowest BCUT2D eigenvalue weighted by molar-refractivity contribution is -0.134. The Hall–Kier alpha value is -1.47. The molecule has 3 amide bonds. The Bertz CT molecular complexity index is 495. The van der Waals surface area contributed by atoms with Gasteiger partial charge in [-0.15, -0.1) is 0 Å². The van der Waals surface area contributed by atoms with Crippen LogP contribution in [0.2, 0.25) is 0 Å². The molecule has 0 radical (unpaired) electrons. The Kier molecular flexibility index (Phi) is 4.66. The van der Waals surface area contributed by atoms with Crippen LogP contribution in [0.15, 0.2) is 0 Å². The number of hydrogen-bond acceptors (Lipinski definition) is 2.